The first-order chi connectivity index (χ1) is 16.2. The molecule has 184 valence electrons. The van der Waals surface area contributed by atoms with Gasteiger partial charge in [-0.25, -0.2) is 5.01 Å². The lowest BCUT2D eigenvalue weighted by molar-refractivity contribution is -0.126. The summed E-state index contributed by atoms with van der Waals surface area (Å²) < 4.78 is 0. The molecule has 2 aromatic carbocycles. The monoisotopic (exact) mass is 463 g/mol. The van der Waals surface area contributed by atoms with Crippen molar-refractivity contribution in [3.8, 4) is 0 Å². The molecule has 0 saturated heterocycles. The van der Waals surface area contributed by atoms with Gasteiger partial charge in [0, 0.05) is 12.5 Å². The quantitative estimate of drug-likeness (QED) is 0.411. The van der Waals surface area contributed by atoms with Crippen LogP contribution in [0.3, 0.4) is 0 Å². The van der Waals surface area contributed by atoms with E-state index in [9.17, 15) is 9.90 Å². The Kier molecular flexibility index (Phi) is 8.53. The molecule has 2 atom stereocenters. The highest BCUT2D eigenvalue weighted by atomic mass is 16.3. The fourth-order valence-corrected chi connectivity index (χ4v) is 4.72. The van der Waals surface area contributed by atoms with E-state index in [0.29, 0.717) is 6.54 Å². The maximum Gasteiger partial charge on any atom is 0.248 e. The molecule has 5 heteroatoms. The zero-order valence-electron chi connectivity index (χ0n) is 21.5. The summed E-state index contributed by atoms with van der Waals surface area (Å²) in [6.45, 7) is 10.5. The molecule has 0 saturated carbocycles. The average Bonchev–Trinajstić information content (AvgIpc) is 3.11. The fourth-order valence-electron chi connectivity index (χ4n) is 4.72. The molecule has 0 bridgehead atoms. The third-order valence-electron chi connectivity index (χ3n) is 6.81. The maximum atomic E-state index is 13.8. The van der Waals surface area contributed by atoms with Crippen LogP contribution in [0.1, 0.15) is 77.3 Å². The van der Waals surface area contributed by atoms with Crippen LogP contribution in [0.2, 0.25) is 0 Å². The second-order valence-electron chi connectivity index (χ2n) is 10.4. The van der Waals surface area contributed by atoms with Crippen molar-refractivity contribution >= 4 is 17.3 Å². The standard InChI is InChI=1S/C29H41N3O2/c1-6-7-15-25-26(23-18-16-22(2)17-19-23)31-32(24-13-9-8-10-14-24)29(25,5)27(33)30-21-12-11-20-28(3,4)34/h8-10,13-14,16-19,25,34H,6-7,11-12,15,20-21H2,1-5H3,(H,30,33). The number of hydrogen-bond donors (Lipinski definition) is 2. The van der Waals surface area contributed by atoms with Crippen LogP contribution in [0.15, 0.2) is 59.7 Å². The molecular weight excluding hydrogens is 422 g/mol. The summed E-state index contributed by atoms with van der Waals surface area (Å²) in [6, 6.07) is 18.5. The zero-order valence-corrected chi connectivity index (χ0v) is 21.5. The van der Waals surface area contributed by atoms with Crippen LogP contribution >= 0.6 is 0 Å². The number of benzene rings is 2. The summed E-state index contributed by atoms with van der Waals surface area (Å²) in [6.07, 6.45) is 5.42. The van der Waals surface area contributed by atoms with Crippen molar-refractivity contribution in [2.75, 3.05) is 11.6 Å². The zero-order chi connectivity index (χ0) is 24.8. The lowest BCUT2D eigenvalue weighted by Crippen LogP contribution is -2.58. The van der Waals surface area contributed by atoms with E-state index in [2.05, 4.69) is 43.4 Å². The van der Waals surface area contributed by atoms with Crippen LogP contribution in [-0.2, 0) is 4.79 Å². The van der Waals surface area contributed by atoms with Crippen LogP contribution in [0.25, 0.3) is 0 Å². The smallest absolute Gasteiger partial charge is 0.248 e. The minimum absolute atomic E-state index is 0.00609. The number of amides is 1. The van der Waals surface area contributed by atoms with Crippen LogP contribution in [0, 0.1) is 12.8 Å². The molecule has 3 rings (SSSR count). The lowest BCUT2D eigenvalue weighted by Gasteiger charge is -2.37. The van der Waals surface area contributed by atoms with Gasteiger partial charge in [0.1, 0.15) is 5.54 Å². The van der Waals surface area contributed by atoms with Gasteiger partial charge in [-0.2, -0.15) is 5.10 Å². The maximum absolute atomic E-state index is 13.8. The number of rotatable bonds is 11. The van der Waals surface area contributed by atoms with Crippen LogP contribution in [-0.4, -0.2) is 34.4 Å². The van der Waals surface area contributed by atoms with Crippen LogP contribution in [0.5, 0.6) is 0 Å². The van der Waals surface area contributed by atoms with E-state index in [-0.39, 0.29) is 11.8 Å². The molecule has 34 heavy (non-hydrogen) atoms. The number of carbonyl (C=O) groups excluding carboxylic acids is 1. The number of anilines is 1. The molecule has 0 aliphatic carbocycles. The molecule has 2 unspecified atom stereocenters. The largest absolute Gasteiger partial charge is 0.390 e. The number of carbonyl (C=O) groups is 1. The predicted octanol–water partition coefficient (Wildman–Crippen LogP) is 5.84. The second kappa shape index (κ2) is 11.2. The molecule has 0 fully saturated rings. The van der Waals surface area contributed by atoms with Gasteiger partial charge >= 0.3 is 0 Å². The summed E-state index contributed by atoms with van der Waals surface area (Å²) in [7, 11) is 0. The van der Waals surface area contributed by atoms with Gasteiger partial charge in [-0.15, -0.1) is 0 Å². The molecule has 5 nitrogen and oxygen atoms in total. The van der Waals surface area contributed by atoms with Crippen molar-refractivity contribution in [3.63, 3.8) is 0 Å². The van der Waals surface area contributed by atoms with E-state index in [1.807, 2.05) is 56.1 Å². The summed E-state index contributed by atoms with van der Waals surface area (Å²) >= 11 is 0. The summed E-state index contributed by atoms with van der Waals surface area (Å²) in [5.41, 5.74) is 2.69. The number of aliphatic hydroxyl groups is 1. The van der Waals surface area contributed by atoms with E-state index < -0.39 is 11.1 Å². The van der Waals surface area contributed by atoms with Crippen molar-refractivity contribution in [2.24, 2.45) is 11.0 Å². The Bertz CT molecular complexity index is 963. The number of aryl methyl sites for hydroxylation is 1. The van der Waals surface area contributed by atoms with Crippen molar-refractivity contribution in [1.82, 2.24) is 5.32 Å². The van der Waals surface area contributed by atoms with Crippen LogP contribution in [0.4, 0.5) is 5.69 Å². The molecule has 0 spiro atoms. The Morgan fingerprint density at radius 1 is 1.09 bits per heavy atom. The molecule has 0 aromatic heterocycles. The van der Waals surface area contributed by atoms with Gasteiger partial charge in [-0.1, -0.05) is 67.8 Å². The van der Waals surface area contributed by atoms with Crippen LogP contribution < -0.4 is 10.3 Å². The highest BCUT2D eigenvalue weighted by molar-refractivity contribution is 6.10. The van der Waals surface area contributed by atoms with Crippen molar-refractivity contribution in [2.45, 2.75) is 84.3 Å². The summed E-state index contributed by atoms with van der Waals surface area (Å²) in [5.74, 6) is -0.0155. The van der Waals surface area contributed by atoms with E-state index in [1.54, 1.807) is 0 Å². The van der Waals surface area contributed by atoms with E-state index in [0.717, 1.165) is 55.5 Å². The summed E-state index contributed by atoms with van der Waals surface area (Å²) in [4.78, 5) is 13.8. The molecular formula is C29H41N3O2. The van der Waals surface area contributed by atoms with Gasteiger partial charge in [-0.05, 0) is 71.1 Å². The first-order valence-electron chi connectivity index (χ1n) is 12.7. The van der Waals surface area contributed by atoms with Crippen molar-refractivity contribution < 1.29 is 9.90 Å². The topological polar surface area (TPSA) is 64.9 Å². The molecule has 2 aromatic rings. The Balaban J connectivity index is 1.91. The highest BCUT2D eigenvalue weighted by Gasteiger charge is 2.53. The number of hydrogen-bond acceptors (Lipinski definition) is 4. The lowest BCUT2D eigenvalue weighted by atomic mass is 9.76. The number of para-hydroxylation sites is 1. The van der Waals surface area contributed by atoms with E-state index >= 15 is 0 Å². The Morgan fingerprint density at radius 2 is 1.76 bits per heavy atom. The number of nitrogens with one attached hydrogen (secondary N) is 1. The Labute approximate surface area is 205 Å². The van der Waals surface area contributed by atoms with Gasteiger partial charge in [0.05, 0.1) is 17.0 Å². The molecule has 1 aliphatic rings. The minimum Gasteiger partial charge on any atom is -0.390 e. The third kappa shape index (κ3) is 6.06. The Hall–Kier alpha value is -2.66. The first kappa shape index (κ1) is 26.0. The fraction of sp³-hybridized carbons (Fsp3) is 0.517. The van der Waals surface area contributed by atoms with E-state index in [4.69, 9.17) is 5.10 Å². The minimum atomic E-state index is -0.826. The number of nitrogens with zero attached hydrogens (tertiary/aromatic N) is 2. The third-order valence-corrected chi connectivity index (χ3v) is 6.81. The van der Waals surface area contributed by atoms with Crippen molar-refractivity contribution in [1.29, 1.82) is 0 Å². The SMILES string of the molecule is CCCCC1C(c2ccc(C)cc2)=NN(c2ccccc2)C1(C)C(=O)NCCCCC(C)(C)O. The number of unbranched alkanes of at least 4 members (excludes halogenated alkanes) is 2. The molecule has 1 heterocycles. The molecule has 1 aliphatic heterocycles. The van der Waals surface area contributed by atoms with E-state index in [1.165, 1.54) is 5.56 Å². The summed E-state index contributed by atoms with van der Waals surface area (Å²) in [5, 5.41) is 20.2. The molecule has 0 radical (unpaired) electrons. The Morgan fingerprint density at radius 3 is 2.38 bits per heavy atom. The van der Waals surface area contributed by atoms with Gasteiger partial charge in [0.15, 0.2) is 0 Å². The van der Waals surface area contributed by atoms with Gasteiger partial charge in [0.2, 0.25) is 5.91 Å². The molecule has 1 amide bonds. The highest BCUT2D eigenvalue weighted by Crippen LogP contribution is 2.41. The van der Waals surface area contributed by atoms with Crippen molar-refractivity contribution in [3.05, 3.63) is 65.7 Å². The second-order valence-corrected chi connectivity index (χ2v) is 10.4. The van der Waals surface area contributed by atoms with Gasteiger partial charge < -0.3 is 10.4 Å². The normalized spacial score (nSPS) is 20.4. The number of hydrazone groups is 1. The van der Waals surface area contributed by atoms with Gasteiger partial charge in [0.25, 0.3) is 0 Å². The van der Waals surface area contributed by atoms with Gasteiger partial charge in [-0.3, -0.25) is 4.79 Å². The average molecular weight is 464 g/mol. The molecule has 2 N–H and O–H groups in total. The predicted molar refractivity (Wildman–Crippen MR) is 141 cm³/mol. The first-order valence-corrected chi connectivity index (χ1v) is 12.7.